The van der Waals surface area contributed by atoms with Crippen LogP contribution in [0, 0.1) is 0 Å². The van der Waals surface area contributed by atoms with Crippen LogP contribution in [0.5, 0.6) is 5.75 Å². The average molecular weight is 279 g/mol. The summed E-state index contributed by atoms with van der Waals surface area (Å²) < 4.78 is 5.11. The molecule has 1 amide bonds. The summed E-state index contributed by atoms with van der Waals surface area (Å²) in [4.78, 5) is 14.1. The summed E-state index contributed by atoms with van der Waals surface area (Å²) in [6.07, 6.45) is 0. The first-order valence-electron chi connectivity index (χ1n) is 7.06. The van der Waals surface area contributed by atoms with Gasteiger partial charge in [-0.1, -0.05) is 19.9 Å². The maximum absolute atomic E-state index is 11.8. The maximum Gasteiger partial charge on any atom is 0.238 e. The van der Waals surface area contributed by atoms with Crippen LogP contribution in [-0.4, -0.2) is 50.6 Å². The van der Waals surface area contributed by atoms with Crippen molar-refractivity contribution in [2.24, 2.45) is 0 Å². The SMILES string of the molecule is CCN(CC)CCNCC(=O)Nc1cccc(OC)c1. The largest absolute Gasteiger partial charge is 0.497 e. The smallest absolute Gasteiger partial charge is 0.238 e. The molecule has 2 N–H and O–H groups in total. The summed E-state index contributed by atoms with van der Waals surface area (Å²) in [7, 11) is 1.61. The number of rotatable bonds is 9. The molecule has 0 aliphatic carbocycles. The van der Waals surface area contributed by atoms with Gasteiger partial charge in [-0.15, -0.1) is 0 Å². The normalized spacial score (nSPS) is 10.6. The molecule has 0 spiro atoms. The number of likely N-dealkylation sites (N-methyl/N-ethyl adjacent to an activating group) is 1. The molecule has 5 heteroatoms. The Morgan fingerprint density at radius 3 is 2.70 bits per heavy atom. The molecule has 112 valence electrons. The Balaban J connectivity index is 2.26. The molecule has 1 rings (SSSR count). The second-order valence-corrected chi connectivity index (χ2v) is 4.48. The number of hydrogen-bond donors (Lipinski definition) is 2. The quantitative estimate of drug-likeness (QED) is 0.674. The number of ether oxygens (including phenoxy) is 1. The van der Waals surface area contributed by atoms with Crippen LogP contribution < -0.4 is 15.4 Å². The van der Waals surface area contributed by atoms with Crippen LogP contribution in [0.3, 0.4) is 0 Å². The Kier molecular flexibility index (Phi) is 7.69. The third kappa shape index (κ3) is 6.04. The first kappa shape index (κ1) is 16.5. The minimum Gasteiger partial charge on any atom is -0.497 e. The molecule has 0 aromatic heterocycles. The minimum absolute atomic E-state index is 0.0437. The van der Waals surface area contributed by atoms with Crippen LogP contribution in [0.1, 0.15) is 13.8 Å². The molecule has 0 saturated heterocycles. The Morgan fingerprint density at radius 2 is 2.05 bits per heavy atom. The summed E-state index contributed by atoms with van der Waals surface area (Å²) in [6, 6.07) is 7.34. The monoisotopic (exact) mass is 279 g/mol. The van der Waals surface area contributed by atoms with Gasteiger partial charge in [-0.25, -0.2) is 0 Å². The van der Waals surface area contributed by atoms with E-state index in [1.807, 2.05) is 18.2 Å². The Labute approximate surface area is 121 Å². The fourth-order valence-corrected chi connectivity index (χ4v) is 1.88. The van der Waals surface area contributed by atoms with Crippen molar-refractivity contribution in [3.63, 3.8) is 0 Å². The van der Waals surface area contributed by atoms with E-state index in [1.54, 1.807) is 13.2 Å². The van der Waals surface area contributed by atoms with Crippen molar-refractivity contribution in [1.82, 2.24) is 10.2 Å². The highest BCUT2D eigenvalue weighted by atomic mass is 16.5. The van der Waals surface area contributed by atoms with E-state index in [1.165, 1.54) is 0 Å². The molecule has 0 aliphatic rings. The summed E-state index contributed by atoms with van der Waals surface area (Å²) in [5.41, 5.74) is 0.750. The number of hydrogen-bond acceptors (Lipinski definition) is 4. The van der Waals surface area contributed by atoms with E-state index in [4.69, 9.17) is 4.74 Å². The predicted molar refractivity (Wildman–Crippen MR) is 82.3 cm³/mol. The number of nitrogens with zero attached hydrogens (tertiary/aromatic N) is 1. The van der Waals surface area contributed by atoms with Gasteiger partial charge in [-0.2, -0.15) is 0 Å². The summed E-state index contributed by atoms with van der Waals surface area (Å²) in [6.45, 7) is 8.44. The predicted octanol–water partition coefficient (Wildman–Crippen LogP) is 1.57. The number of anilines is 1. The Bertz CT molecular complexity index is 406. The lowest BCUT2D eigenvalue weighted by Crippen LogP contribution is -2.35. The van der Waals surface area contributed by atoms with Crippen molar-refractivity contribution in [3.8, 4) is 5.75 Å². The highest BCUT2D eigenvalue weighted by molar-refractivity contribution is 5.92. The van der Waals surface area contributed by atoms with Crippen molar-refractivity contribution in [1.29, 1.82) is 0 Å². The number of benzene rings is 1. The fourth-order valence-electron chi connectivity index (χ4n) is 1.88. The van der Waals surface area contributed by atoms with Gasteiger partial charge in [0, 0.05) is 24.8 Å². The zero-order chi connectivity index (χ0) is 14.8. The second-order valence-electron chi connectivity index (χ2n) is 4.48. The van der Waals surface area contributed by atoms with Crippen LogP contribution in [0.25, 0.3) is 0 Å². The van der Waals surface area contributed by atoms with Gasteiger partial charge in [0.05, 0.1) is 13.7 Å². The van der Waals surface area contributed by atoms with Gasteiger partial charge in [0.1, 0.15) is 5.75 Å². The van der Waals surface area contributed by atoms with Crippen molar-refractivity contribution < 1.29 is 9.53 Å². The third-order valence-electron chi connectivity index (χ3n) is 3.14. The molecule has 1 aromatic carbocycles. The molecule has 5 nitrogen and oxygen atoms in total. The van der Waals surface area contributed by atoms with Gasteiger partial charge < -0.3 is 20.3 Å². The van der Waals surface area contributed by atoms with E-state index < -0.39 is 0 Å². The first-order valence-corrected chi connectivity index (χ1v) is 7.06. The van der Waals surface area contributed by atoms with Gasteiger partial charge in [-0.05, 0) is 25.2 Å². The fraction of sp³-hybridized carbons (Fsp3) is 0.533. The van der Waals surface area contributed by atoms with Crippen LogP contribution in [0.2, 0.25) is 0 Å². The summed E-state index contributed by atoms with van der Waals surface area (Å²) >= 11 is 0. The average Bonchev–Trinajstić information content (AvgIpc) is 2.47. The third-order valence-corrected chi connectivity index (χ3v) is 3.14. The van der Waals surface area contributed by atoms with Gasteiger partial charge in [0.15, 0.2) is 0 Å². The van der Waals surface area contributed by atoms with Crippen LogP contribution >= 0.6 is 0 Å². The molecule has 1 aromatic rings. The van der Waals surface area contributed by atoms with E-state index in [0.29, 0.717) is 6.54 Å². The highest BCUT2D eigenvalue weighted by Gasteiger charge is 2.03. The van der Waals surface area contributed by atoms with Crippen molar-refractivity contribution in [2.45, 2.75) is 13.8 Å². The lowest BCUT2D eigenvalue weighted by atomic mass is 10.3. The van der Waals surface area contributed by atoms with Gasteiger partial charge in [-0.3, -0.25) is 4.79 Å². The van der Waals surface area contributed by atoms with E-state index in [2.05, 4.69) is 29.4 Å². The molecule has 20 heavy (non-hydrogen) atoms. The number of methoxy groups -OCH3 is 1. The molecule has 0 unspecified atom stereocenters. The van der Waals surface area contributed by atoms with E-state index in [0.717, 1.165) is 37.6 Å². The molecular weight excluding hydrogens is 254 g/mol. The number of nitrogens with one attached hydrogen (secondary N) is 2. The summed E-state index contributed by atoms with van der Waals surface area (Å²) in [5, 5.41) is 5.99. The Hall–Kier alpha value is -1.59. The molecule has 0 bridgehead atoms. The number of carbonyl (C=O) groups is 1. The van der Waals surface area contributed by atoms with Crippen molar-refractivity contribution in [2.75, 3.05) is 45.2 Å². The van der Waals surface area contributed by atoms with E-state index in [9.17, 15) is 4.79 Å². The topological polar surface area (TPSA) is 53.6 Å². The molecule has 0 radical (unpaired) electrons. The zero-order valence-corrected chi connectivity index (χ0v) is 12.6. The molecule has 0 aliphatic heterocycles. The standard InChI is InChI=1S/C15H25N3O2/c1-4-18(5-2)10-9-16-12-15(19)17-13-7-6-8-14(11-13)20-3/h6-8,11,16H,4-5,9-10,12H2,1-3H3,(H,17,19). The molecular formula is C15H25N3O2. The summed E-state index contributed by atoms with van der Waals surface area (Å²) in [5.74, 6) is 0.690. The minimum atomic E-state index is -0.0437. The van der Waals surface area contributed by atoms with Gasteiger partial charge in [0.25, 0.3) is 0 Å². The molecule has 0 saturated carbocycles. The lowest BCUT2D eigenvalue weighted by molar-refractivity contribution is -0.115. The number of carbonyl (C=O) groups excluding carboxylic acids is 1. The van der Waals surface area contributed by atoms with Crippen molar-refractivity contribution in [3.05, 3.63) is 24.3 Å². The van der Waals surface area contributed by atoms with Crippen LogP contribution in [0.15, 0.2) is 24.3 Å². The Morgan fingerprint density at radius 1 is 1.30 bits per heavy atom. The van der Waals surface area contributed by atoms with E-state index >= 15 is 0 Å². The highest BCUT2D eigenvalue weighted by Crippen LogP contribution is 2.16. The van der Waals surface area contributed by atoms with Crippen LogP contribution in [-0.2, 0) is 4.79 Å². The molecule has 0 atom stereocenters. The molecule has 0 fully saturated rings. The van der Waals surface area contributed by atoms with Crippen LogP contribution in [0.4, 0.5) is 5.69 Å². The maximum atomic E-state index is 11.8. The second kappa shape index (κ2) is 9.34. The lowest BCUT2D eigenvalue weighted by Gasteiger charge is -2.17. The number of amides is 1. The van der Waals surface area contributed by atoms with Gasteiger partial charge in [0.2, 0.25) is 5.91 Å². The first-order chi connectivity index (χ1) is 9.69. The van der Waals surface area contributed by atoms with E-state index in [-0.39, 0.29) is 5.91 Å². The molecule has 0 heterocycles. The van der Waals surface area contributed by atoms with Gasteiger partial charge >= 0.3 is 0 Å². The zero-order valence-electron chi connectivity index (χ0n) is 12.6. The van der Waals surface area contributed by atoms with Crippen molar-refractivity contribution >= 4 is 11.6 Å².